The summed E-state index contributed by atoms with van der Waals surface area (Å²) in [4.78, 5) is 11.6. The molecule has 2 atom stereocenters. The molecule has 3 aromatic carbocycles. The van der Waals surface area contributed by atoms with Crippen molar-refractivity contribution >= 4 is 24.2 Å². The van der Waals surface area contributed by atoms with Gasteiger partial charge in [-0.1, -0.05) is 66.7 Å². The van der Waals surface area contributed by atoms with Crippen LogP contribution in [-0.4, -0.2) is 18.0 Å². The van der Waals surface area contributed by atoms with Crippen LogP contribution in [0.5, 0.6) is 0 Å². The lowest BCUT2D eigenvalue weighted by atomic mass is 10.1. The molecule has 0 aliphatic heterocycles. The molecule has 26 heavy (non-hydrogen) atoms. The predicted molar refractivity (Wildman–Crippen MR) is 108 cm³/mol. The Morgan fingerprint density at radius 2 is 1.38 bits per heavy atom. The summed E-state index contributed by atoms with van der Waals surface area (Å²) in [5, 5.41) is 1.30. The first-order valence-corrected chi connectivity index (χ1v) is 10.2. The van der Waals surface area contributed by atoms with Gasteiger partial charge in [0.05, 0.1) is 0 Å². The third kappa shape index (κ3) is 3.29. The monoisotopic (exact) mass is 363 g/mol. The second-order valence-corrected chi connectivity index (χ2v) is 9.03. The molecule has 0 N–H and O–H groups in total. The highest BCUT2D eigenvalue weighted by molar-refractivity contribution is 7.76. The van der Waals surface area contributed by atoms with Gasteiger partial charge in [-0.3, -0.25) is 9.36 Å². The fourth-order valence-electron chi connectivity index (χ4n) is 3.18. The van der Waals surface area contributed by atoms with Crippen LogP contribution in [0.4, 0.5) is 0 Å². The molecule has 4 heteroatoms. The van der Waals surface area contributed by atoms with Crippen LogP contribution in [0.2, 0.25) is 0 Å². The minimum atomic E-state index is -3.19. The summed E-state index contributed by atoms with van der Waals surface area (Å²) >= 11 is 0. The van der Waals surface area contributed by atoms with Crippen LogP contribution in [0.1, 0.15) is 28.9 Å². The molecule has 0 radical (unpaired) electrons. The van der Waals surface area contributed by atoms with E-state index in [1.165, 1.54) is 0 Å². The minimum Gasteiger partial charge on any atom is -0.298 e. The fourth-order valence-corrected chi connectivity index (χ4v) is 6.12. The van der Waals surface area contributed by atoms with Crippen molar-refractivity contribution in [3.63, 3.8) is 0 Å². The topological polar surface area (TPSA) is 37.4 Å². The highest BCUT2D eigenvalue weighted by Crippen LogP contribution is 2.51. The molecule has 0 aliphatic rings. The molecule has 0 aliphatic carbocycles. The first-order valence-electron chi connectivity index (χ1n) is 8.57. The van der Waals surface area contributed by atoms with E-state index in [9.17, 15) is 9.36 Å². The highest BCUT2D eigenvalue weighted by Gasteiger charge is 2.36. The molecular weight excluding hydrogens is 341 g/mol. The van der Waals surface area contributed by atoms with Gasteiger partial charge in [-0.05, 0) is 37.7 Å². The molecule has 0 aromatic heterocycles. The van der Waals surface area contributed by atoms with Gasteiger partial charge in [-0.25, -0.2) is 4.67 Å². The summed E-state index contributed by atoms with van der Waals surface area (Å²) < 4.78 is 16.4. The van der Waals surface area contributed by atoms with E-state index in [1.807, 2.05) is 85.4 Å². The van der Waals surface area contributed by atoms with Crippen LogP contribution >= 0.6 is 7.29 Å². The van der Waals surface area contributed by atoms with Crippen molar-refractivity contribution < 1.29 is 9.36 Å². The molecule has 3 nitrogen and oxygen atoms in total. The Kier molecular flexibility index (Phi) is 5.51. The summed E-state index contributed by atoms with van der Waals surface area (Å²) in [6, 6.07) is 26.5. The van der Waals surface area contributed by atoms with Crippen LogP contribution in [0.15, 0.2) is 84.9 Å². The van der Waals surface area contributed by atoms with Gasteiger partial charge in [0.15, 0.2) is 6.29 Å². The van der Waals surface area contributed by atoms with E-state index in [-0.39, 0.29) is 6.04 Å². The number of carbonyl (C=O) groups excluding carboxylic acids is 1. The van der Waals surface area contributed by atoms with Gasteiger partial charge in [0.1, 0.15) is 0 Å². The van der Waals surface area contributed by atoms with E-state index >= 15 is 0 Å². The van der Waals surface area contributed by atoms with Crippen LogP contribution < -0.4 is 10.6 Å². The molecule has 132 valence electrons. The zero-order chi connectivity index (χ0) is 18.6. The van der Waals surface area contributed by atoms with Gasteiger partial charge in [-0.15, -0.1) is 0 Å². The second kappa shape index (κ2) is 7.82. The van der Waals surface area contributed by atoms with Crippen molar-refractivity contribution in [3.8, 4) is 0 Å². The molecule has 3 rings (SSSR count). The smallest absolute Gasteiger partial charge is 0.208 e. The van der Waals surface area contributed by atoms with Crippen LogP contribution in [0, 0.1) is 0 Å². The number of benzene rings is 3. The van der Waals surface area contributed by atoms with E-state index in [0.29, 0.717) is 10.9 Å². The predicted octanol–water partition coefficient (Wildman–Crippen LogP) is 4.42. The van der Waals surface area contributed by atoms with Crippen molar-refractivity contribution in [2.75, 3.05) is 7.05 Å². The Hall–Kier alpha value is -2.48. The molecule has 0 spiro atoms. The van der Waals surface area contributed by atoms with Gasteiger partial charge >= 0.3 is 0 Å². The Morgan fingerprint density at radius 3 is 2.00 bits per heavy atom. The van der Waals surface area contributed by atoms with Crippen molar-refractivity contribution in [1.29, 1.82) is 0 Å². The molecule has 0 fully saturated rings. The Labute approximate surface area is 154 Å². The lowest BCUT2D eigenvalue weighted by molar-refractivity contribution is 0.112. The molecule has 3 aromatic rings. The van der Waals surface area contributed by atoms with E-state index in [2.05, 4.69) is 0 Å². The van der Waals surface area contributed by atoms with Crippen molar-refractivity contribution in [1.82, 2.24) is 4.67 Å². The maximum Gasteiger partial charge on any atom is 0.208 e. The quantitative estimate of drug-likeness (QED) is 0.481. The SMILES string of the molecule is C[C@H](c1ccccc1)N(C)P(=O)(c1ccccc1)c1ccccc1C=O. The summed E-state index contributed by atoms with van der Waals surface area (Å²) in [5.74, 6) is 0. The highest BCUT2D eigenvalue weighted by atomic mass is 31.2. The molecule has 0 amide bonds. The van der Waals surface area contributed by atoms with Gasteiger partial charge < -0.3 is 0 Å². The molecular formula is C22H22NO2P. The molecule has 0 bridgehead atoms. The first kappa shape index (κ1) is 18.3. The largest absolute Gasteiger partial charge is 0.298 e. The summed E-state index contributed by atoms with van der Waals surface area (Å²) in [6.07, 6.45) is 0.784. The standard InChI is InChI=1S/C22H22NO2P/c1-18(19-11-5-3-6-12-19)23(2)26(25,21-14-7-4-8-15-21)22-16-10-9-13-20(22)17-24/h3-18H,1-2H3/t18-,26?/m1/s1. The van der Waals surface area contributed by atoms with Gasteiger partial charge in [0, 0.05) is 22.2 Å². The number of hydrogen-bond donors (Lipinski definition) is 0. The zero-order valence-corrected chi connectivity index (χ0v) is 15.8. The number of carbonyl (C=O) groups is 1. The van der Waals surface area contributed by atoms with Crippen LogP contribution in [0.25, 0.3) is 0 Å². The zero-order valence-electron chi connectivity index (χ0n) is 14.9. The first-order chi connectivity index (χ1) is 12.6. The van der Waals surface area contributed by atoms with Crippen molar-refractivity contribution in [2.45, 2.75) is 13.0 Å². The average molecular weight is 363 g/mol. The maximum absolute atomic E-state index is 14.5. The Morgan fingerprint density at radius 1 is 0.846 bits per heavy atom. The summed E-state index contributed by atoms with van der Waals surface area (Å²) in [6.45, 7) is 2.04. The van der Waals surface area contributed by atoms with Crippen LogP contribution in [-0.2, 0) is 4.57 Å². The molecule has 1 unspecified atom stereocenters. The Balaban J connectivity index is 2.19. The third-order valence-electron chi connectivity index (χ3n) is 4.78. The van der Waals surface area contributed by atoms with Gasteiger partial charge in [0.25, 0.3) is 0 Å². The van der Waals surface area contributed by atoms with E-state index in [4.69, 9.17) is 0 Å². The van der Waals surface area contributed by atoms with Crippen molar-refractivity contribution in [3.05, 3.63) is 96.1 Å². The third-order valence-corrected chi connectivity index (χ3v) is 8.08. The summed E-state index contributed by atoms with van der Waals surface area (Å²) in [5.41, 5.74) is 1.54. The number of aldehydes is 1. The van der Waals surface area contributed by atoms with E-state index in [1.54, 1.807) is 18.2 Å². The molecule has 0 saturated heterocycles. The average Bonchev–Trinajstić information content (AvgIpc) is 2.73. The summed E-state index contributed by atoms with van der Waals surface area (Å²) in [7, 11) is -1.32. The number of rotatable bonds is 6. The molecule has 0 saturated carbocycles. The van der Waals surface area contributed by atoms with Gasteiger partial charge in [0.2, 0.25) is 7.29 Å². The lowest BCUT2D eigenvalue weighted by Gasteiger charge is -2.34. The minimum absolute atomic E-state index is 0.0815. The number of hydrogen-bond acceptors (Lipinski definition) is 2. The Bertz CT molecular complexity index is 925. The van der Waals surface area contributed by atoms with E-state index in [0.717, 1.165) is 17.2 Å². The maximum atomic E-state index is 14.5. The van der Waals surface area contributed by atoms with Crippen LogP contribution in [0.3, 0.4) is 0 Å². The second-order valence-electron chi connectivity index (χ2n) is 6.25. The van der Waals surface area contributed by atoms with E-state index < -0.39 is 7.29 Å². The van der Waals surface area contributed by atoms with Gasteiger partial charge in [-0.2, -0.15) is 0 Å². The normalized spacial score (nSPS) is 14.6. The number of nitrogens with zero attached hydrogens (tertiary/aromatic N) is 1. The van der Waals surface area contributed by atoms with Crippen molar-refractivity contribution in [2.24, 2.45) is 0 Å². The fraction of sp³-hybridized carbons (Fsp3) is 0.136. The molecule has 0 heterocycles. The lowest BCUT2D eigenvalue weighted by Crippen LogP contribution is -2.33.